The lowest BCUT2D eigenvalue weighted by molar-refractivity contribution is 0.0932. The van der Waals surface area contributed by atoms with Gasteiger partial charge in [0.05, 0.1) is 0 Å². The molecular formula is C19H24N4O. The Hall–Kier alpha value is -2.43. The third-order valence-electron chi connectivity index (χ3n) is 4.54. The molecule has 1 aromatic carbocycles. The van der Waals surface area contributed by atoms with Gasteiger partial charge >= 0.3 is 0 Å². The van der Waals surface area contributed by atoms with Crippen LogP contribution in [0.2, 0.25) is 0 Å². The van der Waals surface area contributed by atoms with Gasteiger partial charge in [-0.25, -0.2) is 9.97 Å². The van der Waals surface area contributed by atoms with E-state index in [2.05, 4.69) is 46.6 Å². The standard InChI is InChI=1S/C19H24N4O/c1-12-8-9-16(10-13(12)2)22-19-20-14(3)11-17(23-19)18(24)21-15-6-4-5-7-15/h8-11,15H,4-7H2,1-3H3,(H,21,24)(H,20,22,23). The molecule has 0 saturated heterocycles. The monoisotopic (exact) mass is 324 g/mol. The summed E-state index contributed by atoms with van der Waals surface area (Å²) >= 11 is 0. The summed E-state index contributed by atoms with van der Waals surface area (Å²) in [7, 11) is 0. The number of rotatable bonds is 4. The first-order chi connectivity index (χ1) is 11.5. The molecule has 2 N–H and O–H groups in total. The van der Waals surface area contributed by atoms with Crippen molar-refractivity contribution in [2.24, 2.45) is 0 Å². The lowest BCUT2D eigenvalue weighted by Gasteiger charge is -2.13. The van der Waals surface area contributed by atoms with Crippen molar-refractivity contribution in [1.29, 1.82) is 0 Å². The Balaban J connectivity index is 1.77. The van der Waals surface area contributed by atoms with E-state index in [9.17, 15) is 4.79 Å². The third-order valence-corrected chi connectivity index (χ3v) is 4.54. The number of hydrogen-bond donors (Lipinski definition) is 2. The summed E-state index contributed by atoms with van der Waals surface area (Å²) in [4.78, 5) is 21.2. The van der Waals surface area contributed by atoms with Crippen LogP contribution in [0, 0.1) is 20.8 Å². The van der Waals surface area contributed by atoms with Crippen LogP contribution in [0.3, 0.4) is 0 Å². The number of amides is 1. The van der Waals surface area contributed by atoms with Gasteiger partial charge in [0.15, 0.2) is 0 Å². The predicted molar refractivity (Wildman–Crippen MR) is 95.7 cm³/mol. The van der Waals surface area contributed by atoms with Crippen molar-refractivity contribution in [2.45, 2.75) is 52.5 Å². The second-order valence-electron chi connectivity index (χ2n) is 6.60. The van der Waals surface area contributed by atoms with E-state index in [0.29, 0.717) is 11.6 Å². The van der Waals surface area contributed by atoms with Crippen molar-refractivity contribution in [1.82, 2.24) is 15.3 Å². The Labute approximate surface area is 142 Å². The minimum Gasteiger partial charge on any atom is -0.348 e. The molecule has 1 aliphatic carbocycles. The lowest BCUT2D eigenvalue weighted by Crippen LogP contribution is -2.33. The van der Waals surface area contributed by atoms with Crippen molar-refractivity contribution < 1.29 is 4.79 Å². The fourth-order valence-corrected chi connectivity index (χ4v) is 3.02. The molecule has 1 aromatic heterocycles. The molecule has 1 aliphatic rings. The first-order valence-electron chi connectivity index (χ1n) is 8.52. The summed E-state index contributed by atoms with van der Waals surface area (Å²) < 4.78 is 0. The van der Waals surface area contributed by atoms with E-state index in [1.807, 2.05) is 13.0 Å². The fraction of sp³-hybridized carbons (Fsp3) is 0.421. The first kappa shape index (κ1) is 16.4. The van der Waals surface area contributed by atoms with Crippen LogP contribution in [-0.4, -0.2) is 21.9 Å². The van der Waals surface area contributed by atoms with E-state index < -0.39 is 0 Å². The van der Waals surface area contributed by atoms with Crippen LogP contribution in [0.15, 0.2) is 24.3 Å². The normalized spacial score (nSPS) is 14.6. The zero-order valence-corrected chi connectivity index (χ0v) is 14.5. The second-order valence-corrected chi connectivity index (χ2v) is 6.60. The van der Waals surface area contributed by atoms with Crippen LogP contribution >= 0.6 is 0 Å². The quantitative estimate of drug-likeness (QED) is 0.897. The maximum atomic E-state index is 12.4. The van der Waals surface area contributed by atoms with Gasteiger partial charge in [-0.15, -0.1) is 0 Å². The second kappa shape index (κ2) is 6.99. The molecule has 2 aromatic rings. The summed E-state index contributed by atoms with van der Waals surface area (Å²) in [5, 5.41) is 6.27. The highest BCUT2D eigenvalue weighted by Gasteiger charge is 2.19. The molecule has 0 atom stereocenters. The van der Waals surface area contributed by atoms with E-state index in [-0.39, 0.29) is 11.9 Å². The zero-order chi connectivity index (χ0) is 17.1. The van der Waals surface area contributed by atoms with E-state index >= 15 is 0 Å². The Bertz CT molecular complexity index is 751. The van der Waals surface area contributed by atoms with E-state index in [1.165, 1.54) is 24.0 Å². The van der Waals surface area contributed by atoms with E-state index in [1.54, 1.807) is 6.07 Å². The highest BCUT2D eigenvalue weighted by molar-refractivity contribution is 5.92. The first-order valence-corrected chi connectivity index (χ1v) is 8.52. The van der Waals surface area contributed by atoms with Gasteiger partial charge in [-0.05, 0) is 62.9 Å². The average Bonchev–Trinajstić information content (AvgIpc) is 3.03. The van der Waals surface area contributed by atoms with Gasteiger partial charge in [0.2, 0.25) is 5.95 Å². The van der Waals surface area contributed by atoms with Crippen molar-refractivity contribution in [2.75, 3.05) is 5.32 Å². The maximum absolute atomic E-state index is 12.4. The average molecular weight is 324 g/mol. The van der Waals surface area contributed by atoms with Crippen molar-refractivity contribution >= 4 is 17.5 Å². The number of carbonyl (C=O) groups excluding carboxylic acids is 1. The molecule has 0 bridgehead atoms. The van der Waals surface area contributed by atoms with Crippen molar-refractivity contribution in [3.05, 3.63) is 46.8 Å². The minimum absolute atomic E-state index is 0.115. The van der Waals surface area contributed by atoms with Gasteiger partial charge in [0.25, 0.3) is 5.91 Å². The Kier molecular flexibility index (Phi) is 4.79. The Morgan fingerprint density at radius 3 is 2.50 bits per heavy atom. The zero-order valence-electron chi connectivity index (χ0n) is 14.5. The number of nitrogens with one attached hydrogen (secondary N) is 2. The van der Waals surface area contributed by atoms with Crippen molar-refractivity contribution in [3.8, 4) is 0 Å². The number of hydrogen-bond acceptors (Lipinski definition) is 4. The topological polar surface area (TPSA) is 66.9 Å². The number of anilines is 2. The molecule has 0 aliphatic heterocycles. The molecule has 126 valence electrons. The van der Waals surface area contributed by atoms with Gasteiger partial charge in [0.1, 0.15) is 5.69 Å². The molecule has 0 spiro atoms. The van der Waals surface area contributed by atoms with Crippen LogP contribution in [0.5, 0.6) is 0 Å². The van der Waals surface area contributed by atoms with Crippen LogP contribution in [0.1, 0.15) is 53.0 Å². The van der Waals surface area contributed by atoms with Gasteiger partial charge in [-0.2, -0.15) is 0 Å². The number of aryl methyl sites for hydroxylation is 3. The number of carbonyl (C=O) groups is 1. The van der Waals surface area contributed by atoms with Crippen LogP contribution < -0.4 is 10.6 Å². The maximum Gasteiger partial charge on any atom is 0.270 e. The molecule has 1 amide bonds. The molecule has 3 rings (SSSR count). The minimum atomic E-state index is -0.115. The summed E-state index contributed by atoms with van der Waals surface area (Å²) in [6, 6.07) is 8.12. The Morgan fingerprint density at radius 2 is 1.79 bits per heavy atom. The molecule has 1 fully saturated rings. The van der Waals surface area contributed by atoms with Gasteiger partial charge in [-0.3, -0.25) is 4.79 Å². The smallest absolute Gasteiger partial charge is 0.270 e. The molecule has 0 unspecified atom stereocenters. The van der Waals surface area contributed by atoms with Crippen molar-refractivity contribution in [3.63, 3.8) is 0 Å². The summed E-state index contributed by atoms with van der Waals surface area (Å²) in [5.74, 6) is 0.338. The number of nitrogens with zero attached hydrogens (tertiary/aromatic N) is 2. The largest absolute Gasteiger partial charge is 0.348 e. The Morgan fingerprint density at radius 1 is 1.04 bits per heavy atom. The van der Waals surface area contributed by atoms with E-state index in [4.69, 9.17) is 0 Å². The predicted octanol–water partition coefficient (Wildman–Crippen LogP) is 3.82. The van der Waals surface area contributed by atoms with Gasteiger partial charge in [0, 0.05) is 17.4 Å². The summed E-state index contributed by atoms with van der Waals surface area (Å²) in [5.41, 5.74) is 4.55. The highest BCUT2D eigenvalue weighted by Crippen LogP contribution is 2.19. The number of benzene rings is 1. The van der Waals surface area contributed by atoms with Gasteiger partial charge in [-0.1, -0.05) is 18.9 Å². The molecule has 1 saturated carbocycles. The van der Waals surface area contributed by atoms with Crippen LogP contribution in [-0.2, 0) is 0 Å². The molecule has 0 radical (unpaired) electrons. The fourth-order valence-electron chi connectivity index (χ4n) is 3.02. The summed E-state index contributed by atoms with van der Waals surface area (Å²) in [6.07, 6.45) is 4.49. The SMILES string of the molecule is Cc1cc(C(=O)NC2CCCC2)nc(Nc2ccc(C)c(C)c2)n1. The van der Waals surface area contributed by atoms with Gasteiger partial charge < -0.3 is 10.6 Å². The molecule has 24 heavy (non-hydrogen) atoms. The van der Waals surface area contributed by atoms with Crippen LogP contribution in [0.4, 0.5) is 11.6 Å². The molecular weight excluding hydrogens is 300 g/mol. The lowest BCUT2D eigenvalue weighted by atomic mass is 10.1. The number of aromatic nitrogens is 2. The highest BCUT2D eigenvalue weighted by atomic mass is 16.1. The molecule has 5 nitrogen and oxygen atoms in total. The van der Waals surface area contributed by atoms with Crippen LogP contribution in [0.25, 0.3) is 0 Å². The summed E-state index contributed by atoms with van der Waals surface area (Å²) in [6.45, 7) is 6.02. The van der Waals surface area contributed by atoms with E-state index in [0.717, 1.165) is 24.2 Å². The molecule has 1 heterocycles. The molecule has 5 heteroatoms. The third kappa shape index (κ3) is 3.91.